The summed E-state index contributed by atoms with van der Waals surface area (Å²) in [5.41, 5.74) is 1.12. The van der Waals surface area contributed by atoms with E-state index in [4.69, 9.17) is 4.74 Å². The van der Waals surface area contributed by atoms with Gasteiger partial charge in [0.05, 0.1) is 0 Å². The summed E-state index contributed by atoms with van der Waals surface area (Å²) in [5, 5.41) is 0. The van der Waals surface area contributed by atoms with Crippen LogP contribution in [-0.2, 0) is 9.53 Å². The van der Waals surface area contributed by atoms with Crippen LogP contribution in [0.5, 0.6) is 0 Å². The Labute approximate surface area is 141 Å². The lowest BCUT2D eigenvalue weighted by Crippen LogP contribution is -2.36. The lowest BCUT2D eigenvalue weighted by atomic mass is 10.1. The SMILES string of the molecule is CC.CC.Cc1ccc(C(=O)N(C)CC(=O)OC(C)(C)C)cc1. The molecule has 0 spiro atoms. The van der Waals surface area contributed by atoms with E-state index in [0.29, 0.717) is 5.56 Å². The molecule has 0 aromatic heterocycles. The van der Waals surface area contributed by atoms with Crippen LogP contribution in [0.4, 0.5) is 0 Å². The summed E-state index contributed by atoms with van der Waals surface area (Å²) in [4.78, 5) is 25.1. The molecule has 1 aromatic rings. The van der Waals surface area contributed by atoms with Gasteiger partial charge in [0.15, 0.2) is 0 Å². The van der Waals surface area contributed by atoms with Gasteiger partial charge in [-0.2, -0.15) is 0 Å². The summed E-state index contributed by atoms with van der Waals surface area (Å²) in [6.07, 6.45) is 0. The number of hydrogen-bond acceptors (Lipinski definition) is 3. The fourth-order valence-electron chi connectivity index (χ4n) is 1.56. The molecule has 0 atom stereocenters. The second-order valence-electron chi connectivity index (χ2n) is 5.61. The molecule has 23 heavy (non-hydrogen) atoms. The molecule has 1 rings (SSSR count). The molecule has 1 aromatic carbocycles. The van der Waals surface area contributed by atoms with Gasteiger partial charge in [-0.3, -0.25) is 9.59 Å². The third-order valence-electron chi connectivity index (χ3n) is 2.43. The van der Waals surface area contributed by atoms with Gasteiger partial charge in [0.2, 0.25) is 0 Å². The van der Waals surface area contributed by atoms with Crippen LogP contribution in [0.15, 0.2) is 24.3 Å². The van der Waals surface area contributed by atoms with Crippen molar-refractivity contribution in [2.75, 3.05) is 13.6 Å². The first-order valence-electron chi connectivity index (χ1n) is 8.23. The maximum absolute atomic E-state index is 12.1. The maximum atomic E-state index is 12.1. The Bertz CT molecular complexity index is 458. The van der Waals surface area contributed by atoms with Crippen molar-refractivity contribution < 1.29 is 14.3 Å². The lowest BCUT2D eigenvalue weighted by Gasteiger charge is -2.22. The predicted octanol–water partition coefficient (Wildman–Crippen LogP) is 4.46. The van der Waals surface area contributed by atoms with Crippen molar-refractivity contribution in [1.82, 2.24) is 4.90 Å². The Hall–Kier alpha value is -1.84. The second kappa shape index (κ2) is 11.7. The molecule has 4 heteroatoms. The number of aryl methyl sites for hydroxylation is 1. The summed E-state index contributed by atoms with van der Waals surface area (Å²) >= 11 is 0. The highest BCUT2D eigenvalue weighted by atomic mass is 16.6. The van der Waals surface area contributed by atoms with E-state index in [1.165, 1.54) is 4.90 Å². The summed E-state index contributed by atoms with van der Waals surface area (Å²) in [6.45, 7) is 15.3. The van der Waals surface area contributed by atoms with Crippen LogP contribution in [-0.4, -0.2) is 36.0 Å². The van der Waals surface area contributed by atoms with E-state index < -0.39 is 11.6 Å². The monoisotopic (exact) mass is 323 g/mol. The van der Waals surface area contributed by atoms with Crippen LogP contribution >= 0.6 is 0 Å². The number of rotatable bonds is 3. The van der Waals surface area contributed by atoms with Gasteiger partial charge in [0.1, 0.15) is 12.1 Å². The largest absolute Gasteiger partial charge is 0.459 e. The maximum Gasteiger partial charge on any atom is 0.326 e. The molecule has 132 valence electrons. The molecule has 0 N–H and O–H groups in total. The zero-order chi connectivity index (χ0) is 18.6. The zero-order valence-corrected chi connectivity index (χ0v) is 16.2. The van der Waals surface area contributed by atoms with Gasteiger partial charge < -0.3 is 9.64 Å². The molecule has 0 saturated carbocycles. The molecule has 0 bridgehead atoms. The third-order valence-corrected chi connectivity index (χ3v) is 2.43. The van der Waals surface area contributed by atoms with Crippen molar-refractivity contribution in [3.8, 4) is 0 Å². The minimum Gasteiger partial charge on any atom is -0.459 e. The average Bonchev–Trinajstić information content (AvgIpc) is 2.49. The number of likely N-dealkylation sites (N-methyl/N-ethyl adjacent to an activating group) is 1. The molecule has 0 saturated heterocycles. The molecule has 4 nitrogen and oxygen atoms in total. The smallest absolute Gasteiger partial charge is 0.326 e. The standard InChI is InChI=1S/C15H21NO3.2C2H6/c1-11-6-8-12(9-7-11)14(18)16(5)10-13(17)19-15(2,3)4;2*1-2/h6-9H,10H2,1-5H3;2*1-2H3. The topological polar surface area (TPSA) is 46.6 Å². The first kappa shape index (κ1) is 23.4. The van der Waals surface area contributed by atoms with Gasteiger partial charge in [0, 0.05) is 12.6 Å². The Morgan fingerprint density at radius 2 is 1.43 bits per heavy atom. The molecular weight excluding hydrogens is 290 g/mol. The van der Waals surface area contributed by atoms with Crippen molar-refractivity contribution >= 4 is 11.9 Å². The molecule has 0 aliphatic rings. The van der Waals surface area contributed by atoms with E-state index in [1.54, 1.807) is 40.0 Å². The molecule has 0 heterocycles. The zero-order valence-electron chi connectivity index (χ0n) is 16.2. The Morgan fingerprint density at radius 3 is 1.83 bits per heavy atom. The second-order valence-corrected chi connectivity index (χ2v) is 5.61. The highest BCUT2D eigenvalue weighted by molar-refractivity contribution is 5.95. The van der Waals surface area contributed by atoms with E-state index in [-0.39, 0.29) is 12.5 Å². The molecular formula is C19H33NO3. The van der Waals surface area contributed by atoms with Crippen LogP contribution in [0, 0.1) is 6.92 Å². The number of ether oxygens (including phenoxy) is 1. The van der Waals surface area contributed by atoms with Crippen molar-refractivity contribution in [3.05, 3.63) is 35.4 Å². The number of nitrogens with zero attached hydrogens (tertiary/aromatic N) is 1. The molecule has 0 unspecified atom stereocenters. The summed E-state index contributed by atoms with van der Waals surface area (Å²) in [5.74, 6) is -0.596. The van der Waals surface area contributed by atoms with Crippen molar-refractivity contribution in [3.63, 3.8) is 0 Å². The number of amides is 1. The van der Waals surface area contributed by atoms with E-state index in [2.05, 4.69) is 0 Å². The molecule has 0 radical (unpaired) electrons. The Balaban J connectivity index is 0. The van der Waals surface area contributed by atoms with Gasteiger partial charge in [-0.1, -0.05) is 45.4 Å². The number of carbonyl (C=O) groups excluding carboxylic acids is 2. The van der Waals surface area contributed by atoms with Gasteiger partial charge in [-0.25, -0.2) is 0 Å². The van der Waals surface area contributed by atoms with E-state index in [0.717, 1.165) is 5.56 Å². The lowest BCUT2D eigenvalue weighted by molar-refractivity contribution is -0.155. The average molecular weight is 323 g/mol. The normalized spacial score (nSPS) is 9.61. The number of esters is 1. The summed E-state index contributed by atoms with van der Waals surface area (Å²) < 4.78 is 5.18. The van der Waals surface area contributed by atoms with Crippen LogP contribution < -0.4 is 0 Å². The molecule has 0 aliphatic carbocycles. The van der Waals surface area contributed by atoms with Crippen molar-refractivity contribution in [1.29, 1.82) is 0 Å². The van der Waals surface area contributed by atoms with Crippen LogP contribution in [0.3, 0.4) is 0 Å². The Morgan fingerprint density at radius 1 is 1.00 bits per heavy atom. The third kappa shape index (κ3) is 10.5. The van der Waals surface area contributed by atoms with Crippen LogP contribution in [0.2, 0.25) is 0 Å². The first-order chi connectivity index (χ1) is 10.7. The quantitative estimate of drug-likeness (QED) is 0.771. The number of hydrogen-bond donors (Lipinski definition) is 0. The van der Waals surface area contributed by atoms with Crippen molar-refractivity contribution in [2.24, 2.45) is 0 Å². The minimum absolute atomic E-state index is 0.0516. The first-order valence-corrected chi connectivity index (χ1v) is 8.23. The fourth-order valence-corrected chi connectivity index (χ4v) is 1.56. The van der Waals surface area contributed by atoms with E-state index in [9.17, 15) is 9.59 Å². The summed E-state index contributed by atoms with van der Waals surface area (Å²) in [7, 11) is 1.59. The van der Waals surface area contributed by atoms with Gasteiger partial charge >= 0.3 is 5.97 Å². The van der Waals surface area contributed by atoms with Gasteiger partial charge in [0.25, 0.3) is 5.91 Å². The minimum atomic E-state index is -0.537. The van der Waals surface area contributed by atoms with Crippen LogP contribution in [0.25, 0.3) is 0 Å². The van der Waals surface area contributed by atoms with Gasteiger partial charge in [-0.15, -0.1) is 0 Å². The molecule has 0 aliphatic heterocycles. The highest BCUT2D eigenvalue weighted by Gasteiger charge is 2.20. The predicted molar refractivity (Wildman–Crippen MR) is 96.7 cm³/mol. The van der Waals surface area contributed by atoms with Crippen molar-refractivity contribution in [2.45, 2.75) is 61.0 Å². The number of benzene rings is 1. The fraction of sp³-hybridized carbons (Fsp3) is 0.579. The summed E-state index contributed by atoms with van der Waals surface area (Å²) in [6, 6.07) is 7.25. The van der Waals surface area contributed by atoms with E-state index >= 15 is 0 Å². The number of carbonyl (C=O) groups is 2. The van der Waals surface area contributed by atoms with Crippen LogP contribution in [0.1, 0.15) is 64.4 Å². The highest BCUT2D eigenvalue weighted by Crippen LogP contribution is 2.09. The Kier molecular flexibility index (Phi) is 11.9. The van der Waals surface area contributed by atoms with Gasteiger partial charge in [-0.05, 0) is 39.8 Å². The molecule has 0 fully saturated rings. The molecule has 1 amide bonds. The van der Waals surface area contributed by atoms with E-state index in [1.807, 2.05) is 46.8 Å².